The first-order chi connectivity index (χ1) is 23.8. The van der Waals surface area contributed by atoms with E-state index in [1.807, 2.05) is 109 Å². The van der Waals surface area contributed by atoms with Crippen molar-refractivity contribution in [1.82, 2.24) is 40.8 Å². The van der Waals surface area contributed by atoms with Crippen LogP contribution in [0, 0.1) is 0 Å². The highest BCUT2D eigenvalue weighted by Gasteiger charge is 2.08. The molecule has 7 aromatic rings. The lowest BCUT2D eigenvalue weighted by atomic mass is 10.1. The van der Waals surface area contributed by atoms with Crippen LogP contribution in [0.2, 0.25) is 0 Å². The van der Waals surface area contributed by atoms with Gasteiger partial charge in [-0.25, -0.2) is 29.9 Å². The Hall–Kier alpha value is -7.08. The Morgan fingerprint density at radius 3 is 1.27 bits per heavy atom. The first-order valence-corrected chi connectivity index (χ1v) is 14.9. The van der Waals surface area contributed by atoms with Gasteiger partial charge in [-0.2, -0.15) is 10.2 Å². The maximum absolute atomic E-state index is 4.88. The second-order valence-electron chi connectivity index (χ2n) is 10.1. The van der Waals surface area contributed by atoms with Gasteiger partial charge in [-0.05, 0) is 60.7 Å². The average Bonchev–Trinajstić information content (AvgIpc) is 3.15. The van der Waals surface area contributed by atoms with Gasteiger partial charge in [0.15, 0.2) is 23.3 Å². The number of hydrogen-bond acceptors (Lipinski definition) is 10. The fourth-order valence-corrected chi connectivity index (χ4v) is 4.61. The molecule has 0 aliphatic rings. The molecule has 0 aliphatic carbocycles. The third-order valence-corrected chi connectivity index (χ3v) is 6.86. The van der Waals surface area contributed by atoms with Crippen LogP contribution in [0.15, 0.2) is 154 Å². The largest absolute Gasteiger partial charge is 0.259 e. The number of rotatable bonds is 8. The van der Waals surface area contributed by atoms with Gasteiger partial charge in [0.05, 0.1) is 34.9 Å². The van der Waals surface area contributed by atoms with Crippen molar-refractivity contribution in [1.29, 1.82) is 0 Å². The minimum atomic E-state index is 0.451. The van der Waals surface area contributed by atoms with Crippen LogP contribution in [-0.4, -0.2) is 54.0 Å². The van der Waals surface area contributed by atoms with Gasteiger partial charge >= 0.3 is 0 Å². The lowest BCUT2D eigenvalue weighted by Crippen LogP contribution is -2.20. The van der Waals surface area contributed by atoms with E-state index in [1.165, 1.54) is 0 Å². The zero-order valence-corrected chi connectivity index (χ0v) is 25.3. The summed E-state index contributed by atoms with van der Waals surface area (Å²) in [6.45, 7) is 0. The van der Waals surface area contributed by atoms with Crippen LogP contribution >= 0.6 is 0 Å². The molecule has 6 aromatic heterocycles. The minimum absolute atomic E-state index is 0.451. The first-order valence-electron chi connectivity index (χ1n) is 14.9. The molecule has 0 unspecified atom stereocenters. The fraction of sp³-hybridized carbons (Fsp3) is 0. The number of nitrogens with one attached hydrogen (secondary N) is 2. The Balaban J connectivity index is 1.15. The number of pyridine rings is 6. The lowest BCUT2D eigenvalue weighted by molar-refractivity contribution is 1.01. The van der Waals surface area contributed by atoms with Crippen molar-refractivity contribution < 1.29 is 0 Å². The number of aromatic nitrogens is 6. The summed E-state index contributed by atoms with van der Waals surface area (Å²) in [6, 6.07) is 34.0. The van der Waals surface area contributed by atoms with Crippen molar-refractivity contribution in [3.63, 3.8) is 0 Å². The van der Waals surface area contributed by atoms with Crippen molar-refractivity contribution in [2.75, 3.05) is 0 Å². The molecule has 0 fully saturated rings. The zero-order valence-electron chi connectivity index (χ0n) is 25.3. The SMILES string of the molecule is C(=N/NC(=Nc1ccccn1)c1ccccn1)/c1ccc2ccc3ccc(/C=N\NC(=Nc4ccccn4)c4ccccn4)nc3c2n1. The molecule has 0 saturated carbocycles. The number of amidine groups is 2. The molecule has 12 heteroatoms. The van der Waals surface area contributed by atoms with Crippen LogP contribution in [-0.2, 0) is 0 Å². The molecule has 230 valence electrons. The molecular weight excluding hydrogens is 600 g/mol. The second-order valence-corrected chi connectivity index (χ2v) is 10.1. The van der Waals surface area contributed by atoms with Crippen molar-refractivity contribution in [3.8, 4) is 0 Å². The Labute approximate surface area is 274 Å². The van der Waals surface area contributed by atoms with Gasteiger partial charge in [0, 0.05) is 35.6 Å². The number of benzene rings is 1. The second kappa shape index (κ2) is 14.3. The topological polar surface area (TPSA) is 151 Å². The molecule has 2 N–H and O–H groups in total. The number of hydrogen-bond donors (Lipinski definition) is 2. The van der Waals surface area contributed by atoms with Crippen molar-refractivity contribution in [2.24, 2.45) is 20.2 Å². The highest BCUT2D eigenvalue weighted by molar-refractivity contribution is 6.05. The summed E-state index contributed by atoms with van der Waals surface area (Å²) in [5.74, 6) is 1.97. The van der Waals surface area contributed by atoms with E-state index in [-0.39, 0.29) is 0 Å². The summed E-state index contributed by atoms with van der Waals surface area (Å²) >= 11 is 0. The first kappa shape index (κ1) is 29.6. The Morgan fingerprint density at radius 1 is 0.458 bits per heavy atom. The molecule has 0 saturated heterocycles. The van der Waals surface area contributed by atoms with E-state index >= 15 is 0 Å². The third kappa shape index (κ3) is 7.24. The minimum Gasteiger partial charge on any atom is -0.259 e. The van der Waals surface area contributed by atoms with E-state index in [1.54, 1.807) is 37.2 Å². The molecule has 6 heterocycles. The number of hydrazone groups is 2. The van der Waals surface area contributed by atoms with Crippen LogP contribution in [0.3, 0.4) is 0 Å². The lowest BCUT2D eigenvalue weighted by Gasteiger charge is -2.06. The van der Waals surface area contributed by atoms with Crippen LogP contribution < -0.4 is 10.9 Å². The van der Waals surface area contributed by atoms with E-state index in [4.69, 9.17) is 9.97 Å². The van der Waals surface area contributed by atoms with Crippen LogP contribution in [0.1, 0.15) is 22.8 Å². The molecule has 0 atom stereocenters. The molecular formula is C36H26N12. The van der Waals surface area contributed by atoms with Gasteiger partial charge in [0.1, 0.15) is 11.4 Å². The number of fused-ring (bicyclic) bond motifs is 3. The fourth-order valence-electron chi connectivity index (χ4n) is 4.61. The predicted molar refractivity (Wildman–Crippen MR) is 188 cm³/mol. The molecule has 0 aliphatic heterocycles. The van der Waals surface area contributed by atoms with E-state index in [0.29, 0.717) is 46.1 Å². The van der Waals surface area contributed by atoms with Gasteiger partial charge in [0.2, 0.25) is 0 Å². The van der Waals surface area contributed by atoms with E-state index < -0.39 is 0 Å². The maximum Gasteiger partial charge on any atom is 0.174 e. The van der Waals surface area contributed by atoms with E-state index in [0.717, 1.165) is 21.8 Å². The normalized spacial score (nSPS) is 12.2. The van der Waals surface area contributed by atoms with Crippen LogP contribution in [0.5, 0.6) is 0 Å². The Kier molecular flexibility index (Phi) is 8.85. The quantitative estimate of drug-likeness (QED) is 0.0934. The van der Waals surface area contributed by atoms with Crippen LogP contribution in [0.4, 0.5) is 11.6 Å². The third-order valence-electron chi connectivity index (χ3n) is 6.86. The molecule has 0 bridgehead atoms. The van der Waals surface area contributed by atoms with Gasteiger partial charge in [-0.3, -0.25) is 20.8 Å². The highest BCUT2D eigenvalue weighted by Crippen LogP contribution is 2.22. The van der Waals surface area contributed by atoms with Crippen molar-refractivity contribution in [2.45, 2.75) is 0 Å². The van der Waals surface area contributed by atoms with Crippen molar-refractivity contribution >= 4 is 57.5 Å². The summed E-state index contributed by atoms with van der Waals surface area (Å²) in [6.07, 6.45) is 10.0. The molecule has 0 amide bonds. The summed E-state index contributed by atoms with van der Waals surface area (Å²) in [5, 5.41) is 10.7. The Bertz CT molecular complexity index is 2110. The summed E-state index contributed by atoms with van der Waals surface area (Å²) < 4.78 is 0. The zero-order chi connectivity index (χ0) is 32.4. The monoisotopic (exact) mass is 626 g/mol. The standard InChI is InChI=1S/C36H26N12/c1-5-19-37-29(9-1)35(45-31-11-3-7-21-39-31)47-41-23-27-17-15-25-13-14-26-16-18-28(44-34(26)33(25)43-27)24-42-48-36(30-10-2-6-20-38-30)46-32-12-4-8-22-40-32/h1-24H,(H,39,45,47)(H,40,46,48)/b41-23-,42-24-. The van der Waals surface area contributed by atoms with Gasteiger partial charge in [-0.15, -0.1) is 0 Å². The van der Waals surface area contributed by atoms with Crippen molar-refractivity contribution in [3.05, 3.63) is 157 Å². The van der Waals surface area contributed by atoms with Gasteiger partial charge in [-0.1, -0.05) is 48.5 Å². The van der Waals surface area contributed by atoms with E-state index in [2.05, 4.69) is 51.0 Å². The van der Waals surface area contributed by atoms with Gasteiger partial charge in [0.25, 0.3) is 0 Å². The van der Waals surface area contributed by atoms with E-state index in [9.17, 15) is 0 Å². The molecule has 7 rings (SSSR count). The predicted octanol–water partition coefficient (Wildman–Crippen LogP) is 5.77. The Morgan fingerprint density at radius 2 is 0.875 bits per heavy atom. The van der Waals surface area contributed by atoms with Crippen LogP contribution in [0.25, 0.3) is 21.8 Å². The molecule has 12 nitrogen and oxygen atoms in total. The number of aliphatic imine (C=N–C) groups is 2. The molecule has 0 radical (unpaired) electrons. The number of nitrogens with zero attached hydrogens (tertiary/aromatic N) is 10. The summed E-state index contributed by atoms with van der Waals surface area (Å²) in [4.78, 5) is 36.3. The van der Waals surface area contributed by atoms with Gasteiger partial charge < -0.3 is 0 Å². The smallest absolute Gasteiger partial charge is 0.174 e. The molecule has 48 heavy (non-hydrogen) atoms. The highest BCUT2D eigenvalue weighted by atomic mass is 15.3. The summed E-state index contributed by atoms with van der Waals surface area (Å²) in [7, 11) is 0. The maximum atomic E-state index is 4.88. The average molecular weight is 627 g/mol. The summed E-state index contributed by atoms with van der Waals surface area (Å²) in [5.41, 5.74) is 10.00. The molecule has 1 aromatic carbocycles. The molecule has 0 spiro atoms.